The quantitative estimate of drug-likeness (QED) is 0.791. The SMILES string of the molecule is Cc1nnc(NC(=O)NCc2cc(C(=O)O)c(C)o2)s1. The predicted octanol–water partition coefficient (Wildman–Crippen LogP) is 1.77. The molecule has 0 bridgehead atoms. The first kappa shape index (κ1) is 14.0. The summed E-state index contributed by atoms with van der Waals surface area (Å²) in [4.78, 5) is 22.4. The van der Waals surface area contributed by atoms with E-state index in [-0.39, 0.29) is 12.1 Å². The summed E-state index contributed by atoms with van der Waals surface area (Å²) in [6, 6.07) is 0.916. The zero-order chi connectivity index (χ0) is 14.7. The highest BCUT2D eigenvalue weighted by Gasteiger charge is 2.14. The molecule has 0 saturated heterocycles. The van der Waals surface area contributed by atoms with Gasteiger partial charge in [0.1, 0.15) is 22.1 Å². The second kappa shape index (κ2) is 5.70. The summed E-state index contributed by atoms with van der Waals surface area (Å²) in [5.41, 5.74) is 0.0851. The van der Waals surface area contributed by atoms with E-state index in [2.05, 4.69) is 20.8 Å². The molecule has 0 aliphatic carbocycles. The Hall–Kier alpha value is -2.42. The molecule has 20 heavy (non-hydrogen) atoms. The number of urea groups is 1. The van der Waals surface area contributed by atoms with Gasteiger partial charge in [-0.2, -0.15) is 0 Å². The lowest BCUT2D eigenvalue weighted by molar-refractivity contribution is 0.0695. The molecule has 2 amide bonds. The molecule has 0 unspecified atom stereocenters. The summed E-state index contributed by atoms with van der Waals surface area (Å²) < 4.78 is 5.23. The average Bonchev–Trinajstić information content (AvgIpc) is 2.93. The van der Waals surface area contributed by atoms with Gasteiger partial charge in [-0.05, 0) is 19.9 Å². The van der Waals surface area contributed by atoms with E-state index in [1.54, 1.807) is 13.8 Å². The van der Waals surface area contributed by atoms with E-state index >= 15 is 0 Å². The second-order valence-corrected chi connectivity index (χ2v) is 5.10. The van der Waals surface area contributed by atoms with E-state index in [4.69, 9.17) is 9.52 Å². The molecule has 9 heteroatoms. The molecule has 2 aromatic rings. The standard InChI is InChI=1S/C11H12N4O4S/c1-5-8(9(16)17)3-7(19-5)4-12-10(18)13-11-15-14-6(2)20-11/h3H,4H2,1-2H3,(H,16,17)(H2,12,13,15,18). The minimum absolute atomic E-state index is 0.0811. The highest BCUT2D eigenvalue weighted by atomic mass is 32.1. The number of carboxylic acid groups (broad SMARTS) is 1. The Bertz CT molecular complexity index is 649. The Morgan fingerprint density at radius 3 is 2.70 bits per heavy atom. The summed E-state index contributed by atoms with van der Waals surface area (Å²) in [5, 5.41) is 22.6. The summed E-state index contributed by atoms with van der Waals surface area (Å²) in [7, 11) is 0. The van der Waals surface area contributed by atoms with E-state index in [9.17, 15) is 9.59 Å². The van der Waals surface area contributed by atoms with E-state index in [1.807, 2.05) is 0 Å². The van der Waals surface area contributed by atoms with E-state index in [1.165, 1.54) is 17.4 Å². The normalized spacial score (nSPS) is 10.3. The zero-order valence-corrected chi connectivity index (χ0v) is 11.6. The maximum atomic E-state index is 11.6. The van der Waals surface area contributed by atoms with Gasteiger partial charge >= 0.3 is 12.0 Å². The van der Waals surface area contributed by atoms with Crippen molar-refractivity contribution in [2.45, 2.75) is 20.4 Å². The van der Waals surface area contributed by atoms with Gasteiger partial charge in [0.2, 0.25) is 5.13 Å². The Morgan fingerprint density at radius 1 is 1.40 bits per heavy atom. The second-order valence-electron chi connectivity index (χ2n) is 3.92. The van der Waals surface area contributed by atoms with Crippen LogP contribution in [0.15, 0.2) is 10.5 Å². The van der Waals surface area contributed by atoms with Crippen molar-refractivity contribution >= 4 is 28.5 Å². The van der Waals surface area contributed by atoms with Gasteiger partial charge in [0.05, 0.1) is 6.54 Å². The largest absolute Gasteiger partial charge is 0.478 e. The Balaban J connectivity index is 1.90. The van der Waals surface area contributed by atoms with Crippen LogP contribution in [0.4, 0.5) is 9.93 Å². The topological polar surface area (TPSA) is 117 Å². The van der Waals surface area contributed by atoms with Crippen molar-refractivity contribution in [2.24, 2.45) is 0 Å². The van der Waals surface area contributed by atoms with Crippen LogP contribution in [0.2, 0.25) is 0 Å². The fourth-order valence-electron chi connectivity index (χ4n) is 1.50. The monoisotopic (exact) mass is 296 g/mol. The predicted molar refractivity (Wildman–Crippen MR) is 70.9 cm³/mol. The number of hydrogen-bond donors (Lipinski definition) is 3. The first-order chi connectivity index (χ1) is 9.45. The number of carboxylic acids is 1. The van der Waals surface area contributed by atoms with Gasteiger partial charge in [-0.1, -0.05) is 11.3 Å². The first-order valence-corrected chi connectivity index (χ1v) is 6.45. The van der Waals surface area contributed by atoms with E-state index in [0.29, 0.717) is 16.7 Å². The maximum absolute atomic E-state index is 11.6. The Labute approximate surface area is 117 Å². The molecule has 0 atom stereocenters. The van der Waals surface area contributed by atoms with Gasteiger partial charge < -0.3 is 14.8 Å². The zero-order valence-electron chi connectivity index (χ0n) is 10.8. The van der Waals surface area contributed by atoms with Crippen LogP contribution in [0.1, 0.15) is 26.9 Å². The molecule has 0 radical (unpaired) electrons. The maximum Gasteiger partial charge on any atom is 0.339 e. The number of aromatic carboxylic acids is 1. The van der Waals surface area contributed by atoms with Gasteiger partial charge in [-0.15, -0.1) is 10.2 Å². The fraction of sp³-hybridized carbons (Fsp3) is 0.273. The molecule has 0 aliphatic heterocycles. The van der Waals surface area contributed by atoms with Gasteiger partial charge in [0.25, 0.3) is 0 Å². The lowest BCUT2D eigenvalue weighted by atomic mass is 10.2. The summed E-state index contributed by atoms with van der Waals surface area (Å²) in [6.45, 7) is 3.41. The number of carbonyl (C=O) groups excluding carboxylic acids is 1. The number of furan rings is 1. The van der Waals surface area contributed by atoms with Gasteiger partial charge in [0.15, 0.2) is 0 Å². The molecule has 3 N–H and O–H groups in total. The van der Waals surface area contributed by atoms with Crippen LogP contribution in [-0.2, 0) is 6.54 Å². The van der Waals surface area contributed by atoms with Crippen LogP contribution in [0.5, 0.6) is 0 Å². The third-order valence-electron chi connectivity index (χ3n) is 2.37. The Morgan fingerprint density at radius 2 is 2.15 bits per heavy atom. The van der Waals surface area contributed by atoms with Gasteiger partial charge in [-0.3, -0.25) is 5.32 Å². The highest BCUT2D eigenvalue weighted by molar-refractivity contribution is 7.15. The van der Waals surface area contributed by atoms with Crippen molar-refractivity contribution in [3.8, 4) is 0 Å². The molecule has 0 aliphatic rings. The molecular weight excluding hydrogens is 284 g/mol. The summed E-state index contributed by atoms with van der Waals surface area (Å²) in [5.74, 6) is -0.399. The van der Waals surface area contributed by atoms with Crippen LogP contribution in [0, 0.1) is 13.8 Å². The van der Waals surface area contributed by atoms with Crippen molar-refractivity contribution in [1.29, 1.82) is 0 Å². The van der Waals surface area contributed by atoms with Crippen LogP contribution >= 0.6 is 11.3 Å². The first-order valence-electron chi connectivity index (χ1n) is 5.63. The molecule has 2 rings (SSSR count). The van der Waals surface area contributed by atoms with Crippen LogP contribution < -0.4 is 10.6 Å². The molecule has 2 aromatic heterocycles. The minimum Gasteiger partial charge on any atom is -0.478 e. The van der Waals surface area contributed by atoms with Gasteiger partial charge in [0, 0.05) is 0 Å². The number of anilines is 1. The van der Waals surface area contributed by atoms with Crippen molar-refractivity contribution in [3.63, 3.8) is 0 Å². The van der Waals surface area contributed by atoms with Crippen molar-refractivity contribution in [3.05, 3.63) is 28.2 Å². The van der Waals surface area contributed by atoms with Gasteiger partial charge in [-0.25, -0.2) is 9.59 Å². The third kappa shape index (κ3) is 3.32. The molecule has 2 heterocycles. The number of nitrogens with zero attached hydrogens (tertiary/aromatic N) is 2. The third-order valence-corrected chi connectivity index (χ3v) is 3.12. The number of amides is 2. The minimum atomic E-state index is -1.06. The summed E-state index contributed by atoms with van der Waals surface area (Å²) >= 11 is 1.25. The lowest BCUT2D eigenvalue weighted by Gasteiger charge is -2.02. The van der Waals surface area contributed by atoms with Crippen molar-refractivity contribution < 1.29 is 19.1 Å². The van der Waals surface area contributed by atoms with Crippen LogP contribution in [0.3, 0.4) is 0 Å². The smallest absolute Gasteiger partial charge is 0.339 e. The highest BCUT2D eigenvalue weighted by Crippen LogP contribution is 2.15. The number of carbonyl (C=O) groups is 2. The molecular formula is C11H12N4O4S. The number of rotatable bonds is 4. The number of hydrogen-bond acceptors (Lipinski definition) is 6. The van der Waals surface area contributed by atoms with E-state index in [0.717, 1.165) is 5.01 Å². The molecule has 0 saturated carbocycles. The molecule has 106 valence electrons. The van der Waals surface area contributed by atoms with Crippen LogP contribution in [-0.4, -0.2) is 27.3 Å². The number of nitrogens with one attached hydrogen (secondary N) is 2. The molecule has 8 nitrogen and oxygen atoms in total. The van der Waals surface area contributed by atoms with E-state index < -0.39 is 12.0 Å². The average molecular weight is 296 g/mol. The summed E-state index contributed by atoms with van der Waals surface area (Å²) in [6.07, 6.45) is 0. The number of aromatic nitrogens is 2. The van der Waals surface area contributed by atoms with Crippen molar-refractivity contribution in [1.82, 2.24) is 15.5 Å². The molecule has 0 fully saturated rings. The lowest BCUT2D eigenvalue weighted by Crippen LogP contribution is -2.27. The Kier molecular flexibility index (Phi) is 3.99. The fourth-order valence-corrected chi connectivity index (χ4v) is 2.09. The van der Waals surface area contributed by atoms with Crippen molar-refractivity contribution in [2.75, 3.05) is 5.32 Å². The number of aryl methyl sites for hydroxylation is 2. The molecule has 0 spiro atoms. The molecule has 0 aromatic carbocycles. The van der Waals surface area contributed by atoms with Crippen LogP contribution in [0.25, 0.3) is 0 Å².